The number of hydrogen-bond donors (Lipinski definition) is 1. The maximum atomic E-state index is 13.1. The van der Waals surface area contributed by atoms with Gasteiger partial charge in [0.15, 0.2) is 0 Å². The van der Waals surface area contributed by atoms with Crippen molar-refractivity contribution in [1.29, 1.82) is 5.26 Å². The Balaban J connectivity index is 2.02. The van der Waals surface area contributed by atoms with Gasteiger partial charge >= 0.3 is 6.18 Å². The molecular weight excluding hydrogens is 393 g/mol. The Morgan fingerprint density at radius 3 is 2.70 bits per heavy atom. The van der Waals surface area contributed by atoms with Crippen molar-refractivity contribution in [3.05, 3.63) is 60.3 Å². The minimum atomic E-state index is -4.38. The quantitative estimate of drug-likeness (QED) is 0.635. The molecule has 0 aliphatic carbocycles. The fraction of sp³-hybridized carbons (Fsp3) is 0.238. The Bertz CT molecular complexity index is 1170. The summed E-state index contributed by atoms with van der Waals surface area (Å²) in [5.41, 5.74) is 6.73. The Morgan fingerprint density at radius 1 is 1.27 bits per heavy atom. The molecule has 0 aromatic carbocycles. The molecule has 30 heavy (non-hydrogen) atoms. The average molecular weight is 412 g/mol. The van der Waals surface area contributed by atoms with Gasteiger partial charge in [-0.25, -0.2) is 9.97 Å². The number of nitrogens with zero attached hydrogens (tertiary/aromatic N) is 5. The molecule has 9 heteroatoms. The number of rotatable bonds is 5. The van der Waals surface area contributed by atoms with Crippen LogP contribution in [0.1, 0.15) is 25.1 Å². The fourth-order valence-corrected chi connectivity index (χ4v) is 2.70. The van der Waals surface area contributed by atoms with E-state index in [-0.39, 0.29) is 5.69 Å². The smallest absolute Gasteiger partial charge is 0.395 e. The Morgan fingerprint density at radius 2 is 2.03 bits per heavy atom. The van der Waals surface area contributed by atoms with Gasteiger partial charge in [0.05, 0.1) is 17.7 Å². The molecule has 0 spiro atoms. The van der Waals surface area contributed by atoms with E-state index < -0.39 is 18.1 Å². The molecule has 2 N–H and O–H groups in total. The van der Waals surface area contributed by atoms with Gasteiger partial charge in [-0.2, -0.15) is 18.4 Å². The Kier molecular flexibility index (Phi) is 5.60. The normalized spacial score (nSPS) is 13.1. The van der Waals surface area contributed by atoms with Gasteiger partial charge in [-0.1, -0.05) is 0 Å². The zero-order chi connectivity index (χ0) is 21.9. The highest BCUT2D eigenvalue weighted by atomic mass is 19.4. The van der Waals surface area contributed by atoms with Crippen molar-refractivity contribution in [2.24, 2.45) is 16.1 Å². The van der Waals surface area contributed by atoms with Crippen molar-refractivity contribution in [3.63, 3.8) is 0 Å². The molecule has 0 saturated carbocycles. The first kappa shape index (κ1) is 21.0. The van der Waals surface area contributed by atoms with E-state index in [1.54, 1.807) is 36.8 Å². The van der Waals surface area contributed by atoms with Crippen molar-refractivity contribution in [1.82, 2.24) is 14.4 Å². The Hall–Kier alpha value is -3.67. The first-order valence-electron chi connectivity index (χ1n) is 8.99. The number of imidazole rings is 1. The molecule has 154 valence electrons. The lowest BCUT2D eigenvalue weighted by Crippen LogP contribution is -2.34. The van der Waals surface area contributed by atoms with Crippen LogP contribution in [0.15, 0.2) is 54.0 Å². The second kappa shape index (κ2) is 7.99. The summed E-state index contributed by atoms with van der Waals surface area (Å²) in [5.74, 6) is 0. The molecule has 3 aromatic rings. The van der Waals surface area contributed by atoms with E-state index >= 15 is 0 Å². The minimum absolute atomic E-state index is 0.198. The summed E-state index contributed by atoms with van der Waals surface area (Å²) in [5, 5.41) is 9.24. The molecule has 0 unspecified atom stereocenters. The van der Waals surface area contributed by atoms with Crippen LogP contribution in [-0.4, -0.2) is 33.3 Å². The van der Waals surface area contributed by atoms with Crippen LogP contribution in [0.2, 0.25) is 0 Å². The number of halogens is 3. The highest BCUT2D eigenvalue weighted by Gasteiger charge is 2.46. The summed E-state index contributed by atoms with van der Waals surface area (Å²) in [6.45, 7) is 1.72. The fourth-order valence-electron chi connectivity index (χ4n) is 2.70. The van der Waals surface area contributed by atoms with Crippen molar-refractivity contribution >= 4 is 17.4 Å². The largest absolute Gasteiger partial charge is 0.404 e. The number of hydrogen-bond acceptors (Lipinski definition) is 5. The molecule has 0 fully saturated rings. The first-order valence-corrected chi connectivity index (χ1v) is 8.99. The molecule has 0 atom stereocenters. The molecule has 3 heterocycles. The van der Waals surface area contributed by atoms with E-state index in [2.05, 4.69) is 15.0 Å². The van der Waals surface area contributed by atoms with E-state index in [9.17, 15) is 18.4 Å². The summed E-state index contributed by atoms with van der Waals surface area (Å²) in [6.07, 6.45) is 3.42. The van der Waals surface area contributed by atoms with Crippen LogP contribution in [-0.2, 0) is 0 Å². The predicted octanol–water partition coefficient (Wildman–Crippen LogP) is 4.23. The second-order valence-electron chi connectivity index (χ2n) is 7.29. The van der Waals surface area contributed by atoms with Crippen molar-refractivity contribution in [2.75, 3.05) is 6.54 Å². The number of aliphatic imine (C=N–C) groups is 1. The SMILES string of the molecule is CC(C)(CN=CC(=CN)c1ccc(C#N)nc1-c1ccn2ccnc2c1)C(F)(F)F. The minimum Gasteiger partial charge on any atom is -0.404 e. The topological polar surface area (TPSA) is 92.4 Å². The molecule has 3 aromatic heterocycles. The van der Waals surface area contributed by atoms with Crippen molar-refractivity contribution in [3.8, 4) is 17.3 Å². The van der Waals surface area contributed by atoms with Gasteiger partial charge in [0.2, 0.25) is 0 Å². The summed E-state index contributed by atoms with van der Waals surface area (Å²) in [6, 6.07) is 8.76. The highest BCUT2D eigenvalue weighted by molar-refractivity contribution is 6.11. The van der Waals surface area contributed by atoms with Gasteiger partial charge in [-0.15, -0.1) is 0 Å². The van der Waals surface area contributed by atoms with Crippen LogP contribution in [0.3, 0.4) is 0 Å². The lowest BCUT2D eigenvalue weighted by Gasteiger charge is -2.25. The molecule has 0 saturated heterocycles. The monoisotopic (exact) mass is 412 g/mol. The standard InChI is InChI=1S/C21H19F3N6/c1-20(2,21(22,23)24)13-27-12-15(10-25)17-4-3-16(11-26)29-19(17)14-5-7-30-8-6-28-18(30)9-14/h3-10,12H,13,25H2,1-2H3. The van der Waals surface area contributed by atoms with E-state index in [1.807, 2.05) is 10.5 Å². The first-order chi connectivity index (χ1) is 14.2. The van der Waals surface area contributed by atoms with E-state index in [0.29, 0.717) is 28.0 Å². The van der Waals surface area contributed by atoms with Crippen LogP contribution >= 0.6 is 0 Å². The number of pyridine rings is 2. The molecular formula is C21H19F3N6. The molecule has 0 amide bonds. The van der Waals surface area contributed by atoms with Gasteiger partial charge in [0.25, 0.3) is 0 Å². The number of fused-ring (bicyclic) bond motifs is 1. The number of nitrogens with two attached hydrogens (primary N) is 1. The van der Waals surface area contributed by atoms with E-state index in [4.69, 9.17) is 5.73 Å². The number of alkyl halides is 3. The van der Waals surface area contributed by atoms with Crippen LogP contribution in [0.4, 0.5) is 13.2 Å². The number of nitriles is 1. The Labute approximate surface area is 171 Å². The third-order valence-corrected chi connectivity index (χ3v) is 4.66. The van der Waals surface area contributed by atoms with Gasteiger partial charge in [-0.05, 0) is 38.1 Å². The van der Waals surface area contributed by atoms with Crippen LogP contribution in [0.5, 0.6) is 0 Å². The molecule has 3 rings (SSSR count). The van der Waals surface area contributed by atoms with Gasteiger partial charge in [-0.3, -0.25) is 4.99 Å². The maximum absolute atomic E-state index is 13.1. The van der Waals surface area contributed by atoms with Crippen molar-refractivity contribution in [2.45, 2.75) is 20.0 Å². The number of allylic oxidation sites excluding steroid dienone is 1. The summed E-state index contributed by atoms with van der Waals surface area (Å²) in [4.78, 5) is 12.6. The second-order valence-corrected chi connectivity index (χ2v) is 7.29. The molecule has 0 bridgehead atoms. The lowest BCUT2D eigenvalue weighted by molar-refractivity contribution is -0.207. The summed E-state index contributed by atoms with van der Waals surface area (Å²) < 4.78 is 41.0. The van der Waals surface area contributed by atoms with Crippen LogP contribution in [0, 0.1) is 16.7 Å². The van der Waals surface area contributed by atoms with E-state index in [1.165, 1.54) is 18.5 Å². The van der Waals surface area contributed by atoms with Crippen molar-refractivity contribution < 1.29 is 13.2 Å². The van der Waals surface area contributed by atoms with Gasteiger partial charge < -0.3 is 10.1 Å². The summed E-state index contributed by atoms with van der Waals surface area (Å²) >= 11 is 0. The highest BCUT2D eigenvalue weighted by Crippen LogP contribution is 2.37. The van der Waals surface area contributed by atoms with E-state index in [0.717, 1.165) is 13.8 Å². The summed E-state index contributed by atoms with van der Waals surface area (Å²) in [7, 11) is 0. The number of aromatic nitrogens is 3. The lowest BCUT2D eigenvalue weighted by atomic mass is 9.93. The predicted molar refractivity (Wildman–Crippen MR) is 108 cm³/mol. The van der Waals surface area contributed by atoms with Gasteiger partial charge in [0, 0.05) is 47.7 Å². The molecule has 6 nitrogen and oxygen atoms in total. The molecule has 0 aliphatic heterocycles. The molecule has 0 aliphatic rings. The molecule has 0 radical (unpaired) electrons. The maximum Gasteiger partial charge on any atom is 0.395 e. The average Bonchev–Trinajstić information content (AvgIpc) is 3.18. The van der Waals surface area contributed by atoms with Crippen LogP contribution in [0.25, 0.3) is 22.5 Å². The zero-order valence-electron chi connectivity index (χ0n) is 16.4. The third kappa shape index (κ3) is 4.17. The van der Waals surface area contributed by atoms with Crippen LogP contribution < -0.4 is 5.73 Å². The third-order valence-electron chi connectivity index (χ3n) is 4.66. The van der Waals surface area contributed by atoms with Gasteiger partial charge in [0.1, 0.15) is 17.4 Å². The zero-order valence-corrected chi connectivity index (χ0v) is 16.4.